The van der Waals surface area contributed by atoms with Crippen molar-refractivity contribution in [2.75, 3.05) is 6.61 Å². The van der Waals surface area contributed by atoms with Crippen LogP contribution in [0.2, 0.25) is 0 Å². The highest BCUT2D eigenvalue weighted by Gasteiger charge is 2.02. The molecule has 0 fully saturated rings. The van der Waals surface area contributed by atoms with Crippen molar-refractivity contribution in [1.29, 1.82) is 5.26 Å². The van der Waals surface area contributed by atoms with E-state index in [2.05, 4.69) is 4.18 Å². The maximum Gasteiger partial charge on any atom is 0.290 e. The van der Waals surface area contributed by atoms with Gasteiger partial charge in [0.2, 0.25) is 0 Å². The summed E-state index contributed by atoms with van der Waals surface area (Å²) in [6.07, 6.45) is 1.42. The smallest absolute Gasteiger partial charge is 0.267 e. The normalized spacial score (nSPS) is 11.5. The van der Waals surface area contributed by atoms with Gasteiger partial charge in [-0.05, 0) is 30.7 Å². The van der Waals surface area contributed by atoms with Gasteiger partial charge in [0, 0.05) is 0 Å². The van der Waals surface area contributed by atoms with Crippen molar-refractivity contribution in [3.05, 3.63) is 40.8 Å². The molecule has 0 heterocycles. The minimum atomic E-state index is -3.59. The van der Waals surface area contributed by atoms with Crippen molar-refractivity contribution in [1.82, 2.24) is 0 Å². The largest absolute Gasteiger partial charge is 0.290 e. The van der Waals surface area contributed by atoms with Crippen molar-refractivity contribution < 1.29 is 12.6 Å². The molecule has 1 aromatic rings. The van der Waals surface area contributed by atoms with E-state index in [-0.39, 0.29) is 6.61 Å². The van der Waals surface area contributed by atoms with Crippen molar-refractivity contribution in [3.63, 3.8) is 0 Å². The van der Waals surface area contributed by atoms with Crippen LogP contribution in [-0.4, -0.2) is 15.0 Å². The molecule has 0 aliphatic heterocycles. The molecule has 5 heteroatoms. The summed E-state index contributed by atoms with van der Waals surface area (Å²) in [5.74, 6) is 0. The van der Waals surface area contributed by atoms with E-state index < -0.39 is 10.1 Å². The second kappa shape index (κ2) is 5.45. The fourth-order valence-electron chi connectivity index (χ4n) is 1.03. The summed E-state index contributed by atoms with van der Waals surface area (Å²) in [6.45, 7) is 1.72. The Morgan fingerprint density at radius 2 is 2.00 bits per heavy atom. The Morgan fingerprint density at radius 1 is 1.38 bits per heavy atom. The first-order valence-electron chi connectivity index (χ1n) is 4.65. The van der Waals surface area contributed by atoms with E-state index in [0.717, 1.165) is 5.41 Å². The molecule has 84 valence electrons. The number of nitrogens with zero attached hydrogens (tertiary/aromatic N) is 1. The van der Waals surface area contributed by atoms with Crippen LogP contribution >= 0.6 is 0 Å². The fraction of sp³-hybridized carbons (Fsp3) is 0.182. The van der Waals surface area contributed by atoms with Crippen LogP contribution in [0.25, 0.3) is 6.08 Å². The van der Waals surface area contributed by atoms with Gasteiger partial charge in [0.25, 0.3) is 10.1 Å². The molecular weight excluding hydrogens is 226 g/mol. The molecule has 0 aliphatic rings. The van der Waals surface area contributed by atoms with Gasteiger partial charge in [0.05, 0.1) is 23.6 Å². The average molecular weight is 237 g/mol. The first kappa shape index (κ1) is 12.4. The Kier molecular flexibility index (Phi) is 4.23. The van der Waals surface area contributed by atoms with Gasteiger partial charge in [-0.3, -0.25) is 4.18 Å². The van der Waals surface area contributed by atoms with E-state index in [1.807, 2.05) is 6.07 Å². The molecule has 0 atom stereocenters. The summed E-state index contributed by atoms with van der Waals surface area (Å²) in [5.41, 5.74) is 1.23. The maximum absolute atomic E-state index is 11.2. The summed E-state index contributed by atoms with van der Waals surface area (Å²) in [5, 5.41) is 9.57. The highest BCUT2D eigenvalue weighted by Crippen LogP contribution is 2.07. The van der Waals surface area contributed by atoms with Crippen LogP contribution in [0, 0.1) is 11.3 Å². The third-order valence-electron chi connectivity index (χ3n) is 1.75. The lowest BCUT2D eigenvalue weighted by atomic mass is 10.1. The molecule has 0 bridgehead atoms. The van der Waals surface area contributed by atoms with Crippen molar-refractivity contribution in [3.8, 4) is 6.07 Å². The topological polar surface area (TPSA) is 67.2 Å². The van der Waals surface area contributed by atoms with Crippen molar-refractivity contribution >= 4 is 16.2 Å². The standard InChI is InChI=1S/C11H11NO3S/c1-2-15-16(13,14)8-7-10-3-5-11(9-12)6-4-10/h3-8H,2H2,1H3/b8-7+. The Bertz CT molecular complexity index is 509. The van der Waals surface area contributed by atoms with Crippen LogP contribution < -0.4 is 0 Å². The van der Waals surface area contributed by atoms with Gasteiger partial charge in [-0.1, -0.05) is 12.1 Å². The number of nitriles is 1. The van der Waals surface area contributed by atoms with E-state index in [1.165, 1.54) is 6.08 Å². The monoisotopic (exact) mass is 237 g/mol. The third-order valence-corrected chi connectivity index (χ3v) is 2.78. The highest BCUT2D eigenvalue weighted by molar-refractivity contribution is 7.89. The zero-order chi connectivity index (χ0) is 12.0. The number of hydrogen-bond donors (Lipinski definition) is 0. The molecule has 1 rings (SSSR count). The lowest BCUT2D eigenvalue weighted by Crippen LogP contribution is -2.00. The minimum absolute atomic E-state index is 0.111. The van der Waals surface area contributed by atoms with Gasteiger partial charge < -0.3 is 0 Å². The van der Waals surface area contributed by atoms with Crippen molar-refractivity contribution in [2.24, 2.45) is 0 Å². The van der Waals surface area contributed by atoms with Gasteiger partial charge in [0.1, 0.15) is 0 Å². The predicted octanol–water partition coefficient (Wildman–Crippen LogP) is 1.90. The summed E-state index contributed by atoms with van der Waals surface area (Å²) in [4.78, 5) is 0. The number of benzene rings is 1. The maximum atomic E-state index is 11.2. The number of hydrogen-bond acceptors (Lipinski definition) is 4. The molecule has 0 aromatic heterocycles. The van der Waals surface area contributed by atoms with Gasteiger partial charge in [0.15, 0.2) is 0 Å². The van der Waals surface area contributed by atoms with E-state index >= 15 is 0 Å². The SMILES string of the molecule is CCOS(=O)(=O)/C=C/c1ccc(C#N)cc1. The molecule has 4 nitrogen and oxygen atoms in total. The molecule has 0 amide bonds. The van der Waals surface area contributed by atoms with Gasteiger partial charge >= 0.3 is 0 Å². The minimum Gasteiger partial charge on any atom is -0.267 e. The lowest BCUT2D eigenvalue weighted by molar-refractivity contribution is 0.345. The van der Waals surface area contributed by atoms with Gasteiger partial charge in [-0.25, -0.2) is 0 Å². The second-order valence-electron chi connectivity index (χ2n) is 2.94. The molecule has 16 heavy (non-hydrogen) atoms. The van der Waals surface area contributed by atoms with E-state index in [9.17, 15) is 8.42 Å². The third kappa shape index (κ3) is 3.85. The summed E-state index contributed by atoms with van der Waals surface area (Å²) >= 11 is 0. The van der Waals surface area contributed by atoms with Crippen LogP contribution in [-0.2, 0) is 14.3 Å². The Balaban J connectivity index is 2.81. The zero-order valence-electron chi connectivity index (χ0n) is 8.75. The van der Waals surface area contributed by atoms with Crippen LogP contribution in [0.1, 0.15) is 18.1 Å². The summed E-state index contributed by atoms with van der Waals surface area (Å²) < 4.78 is 26.9. The van der Waals surface area contributed by atoms with Gasteiger partial charge in [-0.15, -0.1) is 0 Å². The molecule has 0 saturated heterocycles. The molecule has 0 unspecified atom stereocenters. The predicted molar refractivity (Wildman–Crippen MR) is 60.7 cm³/mol. The quantitative estimate of drug-likeness (QED) is 0.750. The van der Waals surface area contributed by atoms with Crippen LogP contribution in [0.3, 0.4) is 0 Å². The lowest BCUT2D eigenvalue weighted by Gasteiger charge is -1.96. The van der Waals surface area contributed by atoms with Crippen molar-refractivity contribution in [2.45, 2.75) is 6.92 Å². The Morgan fingerprint density at radius 3 is 2.50 bits per heavy atom. The molecular formula is C11H11NO3S. The van der Waals surface area contributed by atoms with E-state index in [1.54, 1.807) is 31.2 Å². The van der Waals surface area contributed by atoms with Gasteiger partial charge in [-0.2, -0.15) is 13.7 Å². The van der Waals surface area contributed by atoms with Crippen LogP contribution in [0.4, 0.5) is 0 Å². The molecule has 1 aromatic carbocycles. The average Bonchev–Trinajstić information content (AvgIpc) is 2.27. The van der Waals surface area contributed by atoms with Crippen LogP contribution in [0.15, 0.2) is 29.7 Å². The zero-order valence-corrected chi connectivity index (χ0v) is 9.57. The van der Waals surface area contributed by atoms with E-state index in [4.69, 9.17) is 5.26 Å². The molecule has 0 saturated carbocycles. The molecule has 0 spiro atoms. The second-order valence-corrected chi connectivity index (χ2v) is 4.43. The first-order chi connectivity index (χ1) is 7.57. The first-order valence-corrected chi connectivity index (χ1v) is 6.12. The number of rotatable bonds is 4. The molecule has 0 N–H and O–H groups in total. The molecule has 0 aliphatic carbocycles. The summed E-state index contributed by atoms with van der Waals surface area (Å²) in [7, 11) is -3.59. The fourth-order valence-corrected chi connectivity index (χ4v) is 1.77. The Hall–Kier alpha value is -1.64. The Labute approximate surface area is 94.9 Å². The summed E-state index contributed by atoms with van der Waals surface area (Å²) in [6, 6.07) is 8.54. The highest BCUT2D eigenvalue weighted by atomic mass is 32.2. The molecule has 0 radical (unpaired) electrons. The van der Waals surface area contributed by atoms with Crippen LogP contribution in [0.5, 0.6) is 0 Å². The van der Waals surface area contributed by atoms with E-state index in [0.29, 0.717) is 11.1 Å².